The molecule has 1 unspecified atom stereocenters. The van der Waals surface area contributed by atoms with Crippen molar-refractivity contribution in [1.29, 1.82) is 0 Å². The van der Waals surface area contributed by atoms with Gasteiger partial charge in [-0.3, -0.25) is 0 Å². The number of fused-ring (bicyclic) bond motifs is 1. The number of hydrogen-bond acceptors (Lipinski definition) is 3. The van der Waals surface area contributed by atoms with Crippen molar-refractivity contribution in [1.82, 2.24) is 9.97 Å². The molecule has 1 aromatic heterocycles. The fourth-order valence-electron chi connectivity index (χ4n) is 2.75. The van der Waals surface area contributed by atoms with Crippen molar-refractivity contribution in [2.45, 2.75) is 19.3 Å². The molecule has 0 N–H and O–H groups in total. The largest absolute Gasteiger partial charge is 0.341 e. The molecule has 1 atom stereocenters. The van der Waals surface area contributed by atoms with Crippen molar-refractivity contribution in [3.63, 3.8) is 0 Å². The SMILES string of the molecule is BrCCC1CCCN(c2ncc3ccccc3n2)C1. The summed E-state index contributed by atoms with van der Waals surface area (Å²) in [6.07, 6.45) is 5.75. The molecule has 1 aliphatic heterocycles. The molecule has 100 valence electrons. The van der Waals surface area contributed by atoms with Crippen molar-refractivity contribution in [3.05, 3.63) is 30.5 Å². The number of rotatable bonds is 3. The Morgan fingerprint density at radius 1 is 1.32 bits per heavy atom. The number of benzene rings is 1. The van der Waals surface area contributed by atoms with Crippen LogP contribution in [-0.4, -0.2) is 28.4 Å². The molecule has 1 aromatic carbocycles. The van der Waals surface area contributed by atoms with E-state index >= 15 is 0 Å². The van der Waals surface area contributed by atoms with Crippen LogP contribution in [0.3, 0.4) is 0 Å². The van der Waals surface area contributed by atoms with Crippen LogP contribution >= 0.6 is 15.9 Å². The number of halogens is 1. The second-order valence-electron chi connectivity index (χ2n) is 5.16. The highest BCUT2D eigenvalue weighted by molar-refractivity contribution is 9.09. The molecule has 0 spiro atoms. The maximum Gasteiger partial charge on any atom is 0.225 e. The molecule has 1 aliphatic rings. The van der Waals surface area contributed by atoms with Crippen molar-refractivity contribution in [2.75, 3.05) is 23.3 Å². The molecule has 2 heterocycles. The first-order valence-corrected chi connectivity index (χ1v) is 8.01. The Morgan fingerprint density at radius 2 is 2.21 bits per heavy atom. The average Bonchev–Trinajstić information content (AvgIpc) is 2.47. The van der Waals surface area contributed by atoms with Crippen molar-refractivity contribution in [2.24, 2.45) is 5.92 Å². The topological polar surface area (TPSA) is 29.0 Å². The fraction of sp³-hybridized carbons (Fsp3) is 0.467. The van der Waals surface area contributed by atoms with E-state index in [4.69, 9.17) is 4.98 Å². The Kier molecular flexibility index (Phi) is 3.97. The number of nitrogens with zero attached hydrogens (tertiary/aromatic N) is 3. The predicted molar refractivity (Wildman–Crippen MR) is 82.9 cm³/mol. The lowest BCUT2D eigenvalue weighted by molar-refractivity contribution is 0.404. The van der Waals surface area contributed by atoms with Crippen molar-refractivity contribution >= 4 is 32.8 Å². The summed E-state index contributed by atoms with van der Waals surface area (Å²) in [5.41, 5.74) is 1.04. The molecule has 4 heteroatoms. The van der Waals surface area contributed by atoms with Crippen LogP contribution in [0.25, 0.3) is 10.9 Å². The summed E-state index contributed by atoms with van der Waals surface area (Å²) < 4.78 is 0. The summed E-state index contributed by atoms with van der Waals surface area (Å²) in [5, 5.41) is 2.20. The second kappa shape index (κ2) is 5.87. The Hall–Kier alpha value is -1.16. The van der Waals surface area contributed by atoms with Gasteiger partial charge in [-0.15, -0.1) is 0 Å². The van der Waals surface area contributed by atoms with Gasteiger partial charge in [0.25, 0.3) is 0 Å². The van der Waals surface area contributed by atoms with Gasteiger partial charge in [0.05, 0.1) is 5.52 Å². The molecular weight excluding hydrogens is 302 g/mol. The summed E-state index contributed by atoms with van der Waals surface area (Å²) in [4.78, 5) is 11.6. The van der Waals surface area contributed by atoms with Gasteiger partial charge in [0.15, 0.2) is 0 Å². The van der Waals surface area contributed by atoms with E-state index in [1.807, 2.05) is 18.3 Å². The summed E-state index contributed by atoms with van der Waals surface area (Å²) in [6, 6.07) is 8.17. The van der Waals surface area contributed by atoms with Gasteiger partial charge >= 0.3 is 0 Å². The Balaban J connectivity index is 1.83. The standard InChI is InChI=1S/C15H18BrN3/c16-8-7-12-4-3-9-19(11-12)15-17-10-13-5-1-2-6-14(13)18-15/h1-2,5-6,10,12H,3-4,7-9,11H2. The number of hydrogen-bond donors (Lipinski definition) is 0. The van der Waals surface area contributed by atoms with E-state index in [2.05, 4.69) is 37.9 Å². The van der Waals surface area contributed by atoms with Crippen molar-refractivity contribution < 1.29 is 0 Å². The maximum absolute atomic E-state index is 4.70. The smallest absolute Gasteiger partial charge is 0.225 e. The van der Waals surface area contributed by atoms with Gasteiger partial charge < -0.3 is 4.90 Å². The van der Waals surface area contributed by atoms with Crippen LogP contribution in [-0.2, 0) is 0 Å². The first-order chi connectivity index (χ1) is 9.36. The summed E-state index contributed by atoms with van der Waals surface area (Å²) in [7, 11) is 0. The summed E-state index contributed by atoms with van der Waals surface area (Å²) in [5.74, 6) is 1.65. The van der Waals surface area contributed by atoms with Crippen LogP contribution in [0, 0.1) is 5.92 Å². The van der Waals surface area contributed by atoms with Crippen LogP contribution in [0.15, 0.2) is 30.5 Å². The highest BCUT2D eigenvalue weighted by Crippen LogP contribution is 2.24. The molecule has 0 radical (unpaired) electrons. The summed E-state index contributed by atoms with van der Waals surface area (Å²) >= 11 is 3.54. The first-order valence-electron chi connectivity index (χ1n) is 6.89. The van der Waals surface area contributed by atoms with E-state index < -0.39 is 0 Å². The highest BCUT2D eigenvalue weighted by atomic mass is 79.9. The van der Waals surface area contributed by atoms with Gasteiger partial charge in [0, 0.05) is 30.0 Å². The van der Waals surface area contributed by atoms with Gasteiger partial charge in [0.1, 0.15) is 0 Å². The number of para-hydroxylation sites is 1. The molecule has 3 nitrogen and oxygen atoms in total. The first kappa shape index (κ1) is 12.9. The molecule has 1 fully saturated rings. The minimum absolute atomic E-state index is 0.767. The van der Waals surface area contributed by atoms with Gasteiger partial charge in [-0.1, -0.05) is 34.1 Å². The number of alkyl halides is 1. The monoisotopic (exact) mass is 319 g/mol. The van der Waals surface area contributed by atoms with Gasteiger partial charge in [-0.25, -0.2) is 9.97 Å². The lowest BCUT2D eigenvalue weighted by Gasteiger charge is -2.32. The zero-order valence-corrected chi connectivity index (χ0v) is 12.5. The third kappa shape index (κ3) is 2.89. The second-order valence-corrected chi connectivity index (χ2v) is 5.95. The van der Waals surface area contributed by atoms with E-state index in [1.54, 1.807) is 0 Å². The van der Waals surface area contributed by atoms with Crippen LogP contribution in [0.4, 0.5) is 5.95 Å². The molecule has 3 rings (SSSR count). The lowest BCUT2D eigenvalue weighted by Crippen LogP contribution is -2.36. The third-order valence-electron chi connectivity index (χ3n) is 3.80. The highest BCUT2D eigenvalue weighted by Gasteiger charge is 2.21. The van der Waals surface area contributed by atoms with Gasteiger partial charge in [0.2, 0.25) is 5.95 Å². The molecule has 0 amide bonds. The molecule has 0 bridgehead atoms. The van der Waals surface area contributed by atoms with E-state index in [1.165, 1.54) is 19.3 Å². The Bertz CT molecular complexity index is 556. The van der Waals surface area contributed by atoms with E-state index in [-0.39, 0.29) is 0 Å². The van der Waals surface area contributed by atoms with Crippen molar-refractivity contribution in [3.8, 4) is 0 Å². The quantitative estimate of drug-likeness (QED) is 0.809. The van der Waals surface area contributed by atoms with E-state index in [0.717, 1.165) is 41.2 Å². The number of aromatic nitrogens is 2. The average molecular weight is 320 g/mol. The minimum Gasteiger partial charge on any atom is -0.341 e. The van der Waals surface area contributed by atoms with E-state index in [9.17, 15) is 0 Å². The zero-order valence-electron chi connectivity index (χ0n) is 10.9. The van der Waals surface area contributed by atoms with Gasteiger partial charge in [-0.05, 0) is 31.2 Å². The molecule has 19 heavy (non-hydrogen) atoms. The maximum atomic E-state index is 4.70. The molecule has 0 aliphatic carbocycles. The molecule has 1 saturated heterocycles. The Morgan fingerprint density at radius 3 is 3.11 bits per heavy atom. The predicted octanol–water partition coefficient (Wildman–Crippen LogP) is 3.63. The van der Waals surface area contributed by atoms with Crippen LogP contribution in [0.5, 0.6) is 0 Å². The number of anilines is 1. The van der Waals surface area contributed by atoms with E-state index in [0.29, 0.717) is 0 Å². The van der Waals surface area contributed by atoms with Crippen LogP contribution < -0.4 is 4.90 Å². The molecule has 0 saturated carbocycles. The van der Waals surface area contributed by atoms with Crippen LogP contribution in [0.1, 0.15) is 19.3 Å². The van der Waals surface area contributed by atoms with Gasteiger partial charge in [-0.2, -0.15) is 0 Å². The van der Waals surface area contributed by atoms with Crippen LogP contribution in [0.2, 0.25) is 0 Å². The molecule has 2 aromatic rings. The summed E-state index contributed by atoms with van der Waals surface area (Å²) in [6.45, 7) is 2.17. The normalized spacial score (nSPS) is 19.8. The fourth-order valence-corrected chi connectivity index (χ4v) is 3.40. The Labute approximate surface area is 122 Å². The number of piperidine rings is 1. The third-order valence-corrected chi connectivity index (χ3v) is 4.25. The molecular formula is C15H18BrN3. The minimum atomic E-state index is 0.767. The lowest BCUT2D eigenvalue weighted by atomic mass is 9.96. The zero-order chi connectivity index (χ0) is 13.1.